The van der Waals surface area contributed by atoms with E-state index in [9.17, 15) is 9.59 Å². The van der Waals surface area contributed by atoms with Crippen LogP contribution in [-0.4, -0.2) is 29.8 Å². The minimum atomic E-state index is -0.476. The lowest BCUT2D eigenvalue weighted by Crippen LogP contribution is -2.30. The predicted molar refractivity (Wildman–Crippen MR) is 111 cm³/mol. The second-order valence-corrected chi connectivity index (χ2v) is 9.08. The average molecular weight is 386 g/mol. The minimum absolute atomic E-state index is 0.0338. The zero-order valence-corrected chi connectivity index (χ0v) is 17.2. The normalized spacial score (nSPS) is 14.7. The number of benzene rings is 1. The van der Waals surface area contributed by atoms with Gasteiger partial charge in [0.1, 0.15) is 5.00 Å². The maximum atomic E-state index is 12.7. The van der Waals surface area contributed by atoms with Gasteiger partial charge in [0.15, 0.2) is 0 Å². The van der Waals surface area contributed by atoms with Gasteiger partial charge >= 0.3 is 0 Å². The average Bonchev–Trinajstić information content (AvgIpc) is 2.97. The van der Waals surface area contributed by atoms with E-state index in [4.69, 9.17) is 5.73 Å². The highest BCUT2D eigenvalue weighted by Crippen LogP contribution is 2.37. The van der Waals surface area contributed by atoms with Crippen LogP contribution in [0.25, 0.3) is 0 Å². The van der Waals surface area contributed by atoms with Gasteiger partial charge in [-0.15, -0.1) is 11.3 Å². The third-order valence-corrected chi connectivity index (χ3v) is 6.20. The molecule has 27 heavy (non-hydrogen) atoms. The lowest BCUT2D eigenvalue weighted by atomic mass is 9.87. The molecule has 0 bridgehead atoms. The molecule has 0 saturated heterocycles. The molecule has 3 N–H and O–H groups in total. The summed E-state index contributed by atoms with van der Waals surface area (Å²) in [5.74, 6) is -0.695. The molecular weight excluding hydrogens is 358 g/mol. The zero-order chi connectivity index (χ0) is 19.8. The smallest absolute Gasteiger partial charge is 0.256 e. The number of hydrogen-bond acceptors (Lipinski definition) is 4. The van der Waals surface area contributed by atoms with E-state index >= 15 is 0 Å². The second-order valence-electron chi connectivity index (χ2n) is 7.97. The number of nitrogens with one attached hydrogen (secondary N) is 1. The Kier molecular flexibility index (Phi) is 5.40. The molecule has 0 unspecified atom stereocenters. The van der Waals surface area contributed by atoms with Crippen molar-refractivity contribution in [3.05, 3.63) is 51.4 Å². The first kappa shape index (κ1) is 19.6. The molecule has 1 aliphatic rings. The van der Waals surface area contributed by atoms with Crippen LogP contribution >= 0.6 is 11.3 Å². The number of anilines is 1. The van der Waals surface area contributed by atoms with Gasteiger partial charge in [0.05, 0.1) is 5.56 Å². The molecule has 6 heteroatoms. The van der Waals surface area contributed by atoms with Gasteiger partial charge in [-0.05, 0) is 41.6 Å². The van der Waals surface area contributed by atoms with Gasteiger partial charge in [0.25, 0.3) is 11.8 Å². The molecule has 1 aromatic heterocycles. The summed E-state index contributed by atoms with van der Waals surface area (Å²) in [4.78, 5) is 28.2. The molecule has 5 nitrogen and oxygen atoms in total. The van der Waals surface area contributed by atoms with Gasteiger partial charge in [-0.2, -0.15) is 0 Å². The Morgan fingerprint density at radius 3 is 2.44 bits per heavy atom. The Hall–Kier alpha value is -2.18. The molecule has 3 rings (SSSR count). The van der Waals surface area contributed by atoms with E-state index in [0.717, 1.165) is 36.5 Å². The number of amides is 2. The van der Waals surface area contributed by atoms with E-state index in [0.29, 0.717) is 16.1 Å². The quantitative estimate of drug-likeness (QED) is 0.841. The van der Waals surface area contributed by atoms with Gasteiger partial charge in [0, 0.05) is 23.5 Å². The van der Waals surface area contributed by atoms with Gasteiger partial charge in [-0.1, -0.05) is 39.8 Å². The monoisotopic (exact) mass is 385 g/mol. The van der Waals surface area contributed by atoms with Crippen molar-refractivity contribution >= 4 is 28.2 Å². The fraction of sp³-hybridized carbons (Fsp3) is 0.429. The van der Waals surface area contributed by atoms with Crippen molar-refractivity contribution in [3.8, 4) is 0 Å². The summed E-state index contributed by atoms with van der Waals surface area (Å²) in [7, 11) is 0. The highest BCUT2D eigenvalue weighted by Gasteiger charge is 2.27. The summed E-state index contributed by atoms with van der Waals surface area (Å²) in [6, 6.07) is 7.60. The molecule has 0 radical (unpaired) electrons. The first-order chi connectivity index (χ1) is 12.7. The number of carbonyl (C=O) groups is 2. The van der Waals surface area contributed by atoms with Crippen LogP contribution in [0.4, 0.5) is 5.00 Å². The van der Waals surface area contributed by atoms with Crippen molar-refractivity contribution < 1.29 is 9.59 Å². The number of fused-ring (bicyclic) bond motifs is 1. The van der Waals surface area contributed by atoms with Crippen molar-refractivity contribution in [1.82, 2.24) is 4.90 Å². The number of likely N-dealkylation sites (N-methyl/N-ethyl adjacent to an activating group) is 1. The molecule has 0 saturated carbocycles. The standard InChI is InChI=1S/C21H27N3O2S/c1-5-24-11-10-15-16(12-24)27-20(17(15)18(22)25)23-19(26)13-6-8-14(9-7-13)21(2,3)4/h6-9H,5,10-12H2,1-4H3,(H2,22,25)(H,23,26). The van der Waals surface area contributed by atoms with Crippen molar-refractivity contribution in [2.24, 2.45) is 5.73 Å². The molecule has 1 aromatic carbocycles. The van der Waals surface area contributed by atoms with Crippen LogP contribution in [0.2, 0.25) is 0 Å². The number of carbonyl (C=O) groups excluding carboxylic acids is 2. The van der Waals surface area contributed by atoms with E-state index in [-0.39, 0.29) is 11.3 Å². The summed E-state index contributed by atoms with van der Waals surface area (Å²) >= 11 is 1.47. The maximum Gasteiger partial charge on any atom is 0.256 e. The van der Waals surface area contributed by atoms with E-state index < -0.39 is 5.91 Å². The highest BCUT2D eigenvalue weighted by atomic mass is 32.1. The minimum Gasteiger partial charge on any atom is -0.365 e. The summed E-state index contributed by atoms with van der Waals surface area (Å²) in [6.45, 7) is 11.2. The molecule has 2 heterocycles. The molecular formula is C21H27N3O2S. The van der Waals surface area contributed by atoms with Gasteiger partial charge < -0.3 is 11.1 Å². The van der Waals surface area contributed by atoms with Gasteiger partial charge in [-0.25, -0.2) is 0 Å². The Bertz CT molecular complexity index is 863. The van der Waals surface area contributed by atoms with E-state index in [1.807, 2.05) is 24.3 Å². The van der Waals surface area contributed by atoms with E-state index in [2.05, 4.69) is 37.9 Å². The SMILES string of the molecule is CCN1CCc2c(sc(NC(=O)c3ccc(C(C)(C)C)cc3)c2C(N)=O)C1. The molecule has 0 atom stereocenters. The fourth-order valence-corrected chi connectivity index (χ4v) is 4.66. The molecule has 1 aliphatic heterocycles. The van der Waals surface area contributed by atoms with Crippen LogP contribution in [0.5, 0.6) is 0 Å². The molecule has 144 valence electrons. The highest BCUT2D eigenvalue weighted by molar-refractivity contribution is 7.17. The van der Waals surface area contributed by atoms with Crippen LogP contribution in [0.3, 0.4) is 0 Å². The summed E-state index contributed by atoms with van der Waals surface area (Å²) < 4.78 is 0. The topological polar surface area (TPSA) is 75.4 Å². The van der Waals surface area contributed by atoms with Crippen molar-refractivity contribution in [3.63, 3.8) is 0 Å². The van der Waals surface area contributed by atoms with Crippen LogP contribution < -0.4 is 11.1 Å². The van der Waals surface area contributed by atoms with Gasteiger partial charge in [-0.3, -0.25) is 14.5 Å². The molecule has 0 fully saturated rings. The molecule has 0 spiro atoms. The van der Waals surface area contributed by atoms with Crippen LogP contribution in [-0.2, 0) is 18.4 Å². The van der Waals surface area contributed by atoms with Crippen LogP contribution in [0.15, 0.2) is 24.3 Å². The number of thiophene rings is 1. The van der Waals surface area contributed by atoms with E-state index in [1.165, 1.54) is 16.9 Å². The molecule has 0 aliphatic carbocycles. The Balaban J connectivity index is 1.86. The summed E-state index contributed by atoms with van der Waals surface area (Å²) in [5, 5.41) is 3.48. The largest absolute Gasteiger partial charge is 0.365 e. The second kappa shape index (κ2) is 7.44. The lowest BCUT2D eigenvalue weighted by Gasteiger charge is -2.25. The third kappa shape index (κ3) is 4.06. The first-order valence-electron chi connectivity index (χ1n) is 9.29. The van der Waals surface area contributed by atoms with Crippen LogP contribution in [0, 0.1) is 0 Å². The zero-order valence-electron chi connectivity index (χ0n) is 16.4. The van der Waals surface area contributed by atoms with Gasteiger partial charge in [0.2, 0.25) is 0 Å². The van der Waals surface area contributed by atoms with Crippen LogP contribution in [0.1, 0.15) is 64.4 Å². The Morgan fingerprint density at radius 1 is 1.22 bits per heavy atom. The fourth-order valence-electron chi connectivity index (χ4n) is 3.37. The molecule has 2 aromatic rings. The number of nitrogens with two attached hydrogens (primary N) is 1. The number of primary amides is 1. The Labute approximate surface area is 164 Å². The number of nitrogens with zero attached hydrogens (tertiary/aromatic N) is 1. The first-order valence-corrected chi connectivity index (χ1v) is 10.1. The number of rotatable bonds is 4. The molecule has 2 amide bonds. The maximum absolute atomic E-state index is 12.7. The predicted octanol–water partition coefficient (Wildman–Crippen LogP) is 3.77. The van der Waals surface area contributed by atoms with Crippen molar-refractivity contribution in [2.75, 3.05) is 18.4 Å². The van der Waals surface area contributed by atoms with Crippen molar-refractivity contribution in [1.29, 1.82) is 0 Å². The summed E-state index contributed by atoms with van der Waals surface area (Å²) in [5.41, 5.74) is 8.88. The third-order valence-electron chi connectivity index (χ3n) is 5.07. The summed E-state index contributed by atoms with van der Waals surface area (Å²) in [6.07, 6.45) is 0.786. The number of hydrogen-bond donors (Lipinski definition) is 2. The van der Waals surface area contributed by atoms with Crippen molar-refractivity contribution in [2.45, 2.75) is 46.1 Å². The van der Waals surface area contributed by atoms with E-state index in [1.54, 1.807) is 0 Å². The Morgan fingerprint density at radius 2 is 1.89 bits per heavy atom. The lowest BCUT2D eigenvalue weighted by molar-refractivity contribution is 0.1000.